The molecule has 0 saturated carbocycles. The minimum Gasteiger partial charge on any atom is -0.392 e. The highest BCUT2D eigenvalue weighted by molar-refractivity contribution is 5.40. The fourth-order valence-corrected chi connectivity index (χ4v) is 0.881. The third-order valence-electron chi connectivity index (χ3n) is 1.57. The Labute approximate surface area is 83.2 Å². The summed E-state index contributed by atoms with van der Waals surface area (Å²) in [5.74, 6) is 10.4. The zero-order valence-corrected chi connectivity index (χ0v) is 7.62. The molecule has 0 fully saturated rings. The largest absolute Gasteiger partial charge is 0.392 e. The molecule has 0 unspecified atom stereocenters. The van der Waals surface area contributed by atoms with E-state index < -0.39 is 0 Å². The first-order valence-electron chi connectivity index (χ1n) is 4.16. The first kappa shape index (κ1) is 10.3. The minimum absolute atomic E-state index is 0.0397. The van der Waals surface area contributed by atoms with E-state index in [9.17, 15) is 0 Å². The van der Waals surface area contributed by atoms with Gasteiger partial charge in [0.05, 0.1) is 6.61 Å². The van der Waals surface area contributed by atoms with E-state index in [4.69, 9.17) is 10.2 Å². The molecule has 0 atom stereocenters. The van der Waals surface area contributed by atoms with E-state index in [1.54, 1.807) is 0 Å². The maximum absolute atomic E-state index is 8.79. The summed E-state index contributed by atoms with van der Waals surface area (Å²) in [7, 11) is 0. The molecule has 0 aromatic heterocycles. The Bertz CT molecular complexity index is 396. The van der Waals surface area contributed by atoms with Gasteiger partial charge in [0, 0.05) is 5.56 Å². The average Bonchev–Trinajstić information content (AvgIpc) is 2.25. The lowest BCUT2D eigenvalue weighted by Crippen LogP contribution is -1.82. The van der Waals surface area contributed by atoms with Gasteiger partial charge in [-0.05, 0) is 29.5 Å². The third-order valence-corrected chi connectivity index (χ3v) is 1.57. The van der Waals surface area contributed by atoms with Crippen molar-refractivity contribution in [3.05, 3.63) is 35.4 Å². The molecule has 70 valence electrons. The van der Waals surface area contributed by atoms with Gasteiger partial charge in [-0.2, -0.15) is 0 Å². The molecule has 2 N–H and O–H groups in total. The Morgan fingerprint density at radius 1 is 1.00 bits per heavy atom. The van der Waals surface area contributed by atoms with Gasteiger partial charge in [0.2, 0.25) is 0 Å². The molecule has 0 aliphatic carbocycles. The monoisotopic (exact) mass is 186 g/mol. The van der Waals surface area contributed by atoms with Crippen LogP contribution in [0.2, 0.25) is 0 Å². The summed E-state index contributed by atoms with van der Waals surface area (Å²) in [6.45, 7) is -0.129. The van der Waals surface area contributed by atoms with Crippen molar-refractivity contribution in [2.45, 2.75) is 6.61 Å². The minimum atomic E-state index is -0.169. The van der Waals surface area contributed by atoms with Crippen LogP contribution in [0.15, 0.2) is 24.3 Å². The fraction of sp³-hybridized carbons (Fsp3) is 0.167. The summed E-state index contributed by atoms with van der Waals surface area (Å²) in [6.07, 6.45) is 0. The third kappa shape index (κ3) is 3.33. The van der Waals surface area contributed by atoms with E-state index in [0.29, 0.717) is 0 Å². The van der Waals surface area contributed by atoms with Gasteiger partial charge in [-0.15, -0.1) is 0 Å². The molecule has 2 heteroatoms. The maximum atomic E-state index is 8.79. The van der Waals surface area contributed by atoms with Crippen LogP contribution in [-0.4, -0.2) is 16.8 Å². The van der Waals surface area contributed by atoms with Crippen molar-refractivity contribution in [1.29, 1.82) is 0 Å². The van der Waals surface area contributed by atoms with Crippen LogP contribution >= 0.6 is 0 Å². The SMILES string of the molecule is OCC#CC#Cc1ccc(CO)cc1. The number of hydrogen-bond acceptors (Lipinski definition) is 2. The molecule has 1 aromatic carbocycles. The zero-order valence-electron chi connectivity index (χ0n) is 7.62. The summed E-state index contributed by atoms with van der Waals surface area (Å²) < 4.78 is 0. The molecule has 14 heavy (non-hydrogen) atoms. The van der Waals surface area contributed by atoms with Crippen LogP contribution in [0.1, 0.15) is 11.1 Å². The Morgan fingerprint density at radius 3 is 2.29 bits per heavy atom. The Hall–Kier alpha value is -1.74. The second kappa shape index (κ2) is 5.83. The van der Waals surface area contributed by atoms with Gasteiger partial charge in [-0.1, -0.05) is 24.0 Å². The Balaban J connectivity index is 2.71. The van der Waals surface area contributed by atoms with Gasteiger partial charge < -0.3 is 10.2 Å². The van der Waals surface area contributed by atoms with Crippen LogP contribution in [0, 0.1) is 23.7 Å². The lowest BCUT2D eigenvalue weighted by atomic mass is 10.1. The van der Waals surface area contributed by atoms with Crippen LogP contribution < -0.4 is 0 Å². The van der Waals surface area contributed by atoms with Crippen molar-refractivity contribution in [2.24, 2.45) is 0 Å². The second-order valence-corrected chi connectivity index (χ2v) is 2.56. The lowest BCUT2D eigenvalue weighted by Gasteiger charge is -1.93. The number of benzene rings is 1. The molecule has 0 heterocycles. The molecule has 0 radical (unpaired) electrons. The summed E-state index contributed by atoms with van der Waals surface area (Å²) in [4.78, 5) is 0. The zero-order chi connectivity index (χ0) is 10.2. The van der Waals surface area contributed by atoms with Gasteiger partial charge in [0.15, 0.2) is 0 Å². The number of hydrogen-bond donors (Lipinski definition) is 2. The highest BCUT2D eigenvalue weighted by atomic mass is 16.3. The smallest absolute Gasteiger partial charge is 0.105 e. The molecule has 1 aromatic rings. The van der Waals surface area contributed by atoms with E-state index in [1.807, 2.05) is 24.3 Å². The van der Waals surface area contributed by atoms with E-state index in [2.05, 4.69) is 23.7 Å². The van der Waals surface area contributed by atoms with Crippen molar-refractivity contribution in [2.75, 3.05) is 6.61 Å². The molecule has 2 nitrogen and oxygen atoms in total. The molecule has 0 amide bonds. The van der Waals surface area contributed by atoms with Crippen LogP contribution in [0.25, 0.3) is 0 Å². The average molecular weight is 186 g/mol. The van der Waals surface area contributed by atoms with Crippen molar-refractivity contribution in [1.82, 2.24) is 0 Å². The van der Waals surface area contributed by atoms with E-state index in [-0.39, 0.29) is 13.2 Å². The topological polar surface area (TPSA) is 40.5 Å². The summed E-state index contributed by atoms with van der Waals surface area (Å²) in [5.41, 5.74) is 1.70. The van der Waals surface area contributed by atoms with Crippen LogP contribution in [-0.2, 0) is 6.61 Å². The lowest BCUT2D eigenvalue weighted by molar-refractivity contribution is 0.282. The highest BCUT2D eigenvalue weighted by Gasteiger charge is 1.88. The first-order chi connectivity index (χ1) is 6.86. The van der Waals surface area contributed by atoms with Crippen LogP contribution in [0.5, 0.6) is 0 Å². The summed E-state index contributed by atoms with van der Waals surface area (Å²) in [6, 6.07) is 7.26. The maximum Gasteiger partial charge on any atom is 0.105 e. The standard InChI is InChI=1S/C12H10O2/c13-9-3-1-2-4-11-5-7-12(10-14)8-6-11/h5-8,13-14H,9-10H2. The first-order valence-corrected chi connectivity index (χ1v) is 4.16. The molecular formula is C12H10O2. The second-order valence-electron chi connectivity index (χ2n) is 2.56. The summed E-state index contributed by atoms with van der Waals surface area (Å²) >= 11 is 0. The van der Waals surface area contributed by atoms with Crippen molar-refractivity contribution < 1.29 is 10.2 Å². The van der Waals surface area contributed by atoms with Crippen molar-refractivity contribution in [3.8, 4) is 23.7 Å². The molecule has 0 spiro atoms. The molecular weight excluding hydrogens is 176 g/mol. The van der Waals surface area contributed by atoms with Crippen LogP contribution in [0.4, 0.5) is 0 Å². The van der Waals surface area contributed by atoms with E-state index in [0.717, 1.165) is 11.1 Å². The summed E-state index contributed by atoms with van der Waals surface area (Å²) in [5, 5.41) is 17.2. The molecule has 1 rings (SSSR count). The van der Waals surface area contributed by atoms with Gasteiger partial charge in [-0.3, -0.25) is 0 Å². The van der Waals surface area contributed by atoms with Gasteiger partial charge in [-0.25, -0.2) is 0 Å². The van der Waals surface area contributed by atoms with E-state index in [1.165, 1.54) is 0 Å². The highest BCUT2D eigenvalue weighted by Crippen LogP contribution is 2.02. The normalized spacial score (nSPS) is 8.14. The van der Waals surface area contributed by atoms with Crippen molar-refractivity contribution in [3.63, 3.8) is 0 Å². The quantitative estimate of drug-likeness (QED) is 0.628. The number of aliphatic hydroxyl groups excluding tert-OH is 2. The predicted molar refractivity (Wildman–Crippen MR) is 54.1 cm³/mol. The Morgan fingerprint density at radius 2 is 1.71 bits per heavy atom. The van der Waals surface area contributed by atoms with Crippen LogP contribution in [0.3, 0.4) is 0 Å². The molecule has 0 saturated heterocycles. The fourth-order valence-electron chi connectivity index (χ4n) is 0.881. The van der Waals surface area contributed by atoms with Crippen molar-refractivity contribution >= 4 is 0 Å². The number of aliphatic hydroxyl groups is 2. The molecule has 0 bridgehead atoms. The molecule has 0 aliphatic heterocycles. The van der Waals surface area contributed by atoms with Gasteiger partial charge >= 0.3 is 0 Å². The van der Waals surface area contributed by atoms with Gasteiger partial charge in [0.1, 0.15) is 6.61 Å². The Kier molecular flexibility index (Phi) is 4.31. The molecule has 0 aliphatic rings. The number of rotatable bonds is 1. The van der Waals surface area contributed by atoms with Gasteiger partial charge in [0.25, 0.3) is 0 Å². The van der Waals surface area contributed by atoms with E-state index >= 15 is 0 Å². The predicted octanol–water partition coefficient (Wildman–Crippen LogP) is 0.526.